The number of aryl methyl sites for hydroxylation is 1. The summed E-state index contributed by atoms with van der Waals surface area (Å²) in [6.45, 7) is 0. The first kappa shape index (κ1) is 13.6. The van der Waals surface area contributed by atoms with Crippen LogP contribution in [-0.4, -0.2) is 5.11 Å². The highest BCUT2D eigenvalue weighted by molar-refractivity contribution is 5.18. The quantitative estimate of drug-likeness (QED) is 0.760. The minimum atomic E-state index is -0.394. The topological polar surface area (TPSA) is 20.2 Å². The molecule has 0 aromatic heterocycles. The van der Waals surface area contributed by atoms with Crippen LogP contribution in [0.3, 0.4) is 0 Å². The second-order valence-corrected chi connectivity index (χ2v) is 4.66. The molecule has 0 spiro atoms. The summed E-state index contributed by atoms with van der Waals surface area (Å²) >= 11 is 0. The van der Waals surface area contributed by atoms with Gasteiger partial charge in [0.2, 0.25) is 0 Å². The van der Waals surface area contributed by atoms with Crippen LogP contribution in [0, 0.1) is 0 Å². The monoisotopic (exact) mass is 252 g/mol. The molecule has 1 nitrogen and oxygen atoms in total. The van der Waals surface area contributed by atoms with E-state index in [1.807, 2.05) is 36.4 Å². The van der Waals surface area contributed by atoms with Gasteiger partial charge in [-0.3, -0.25) is 0 Å². The standard InChI is InChI=1S/C18H20O/c19-18(17-13-7-3-8-14-17)15-9-2-6-12-16-10-4-1-5-11-16/h1-5,7-11,13-14,18-19H,6,12,15H2/b9-2-/t18-/m1/s1. The average molecular weight is 252 g/mol. The van der Waals surface area contributed by atoms with Crippen molar-refractivity contribution in [1.82, 2.24) is 0 Å². The van der Waals surface area contributed by atoms with Gasteiger partial charge in [-0.05, 0) is 30.4 Å². The molecule has 0 aliphatic rings. The zero-order chi connectivity index (χ0) is 13.3. The first-order valence-electron chi connectivity index (χ1n) is 6.78. The van der Waals surface area contributed by atoms with Gasteiger partial charge in [0.05, 0.1) is 6.10 Å². The molecule has 98 valence electrons. The van der Waals surface area contributed by atoms with E-state index in [4.69, 9.17) is 0 Å². The minimum absolute atomic E-state index is 0.394. The minimum Gasteiger partial charge on any atom is -0.388 e. The molecule has 0 saturated heterocycles. The van der Waals surface area contributed by atoms with Crippen molar-refractivity contribution in [2.24, 2.45) is 0 Å². The number of aliphatic hydroxyl groups excluding tert-OH is 1. The first-order chi connectivity index (χ1) is 9.36. The molecule has 0 saturated carbocycles. The fourth-order valence-corrected chi connectivity index (χ4v) is 2.05. The average Bonchev–Trinajstić information content (AvgIpc) is 2.49. The van der Waals surface area contributed by atoms with E-state index >= 15 is 0 Å². The van der Waals surface area contributed by atoms with Crippen molar-refractivity contribution in [2.45, 2.75) is 25.4 Å². The van der Waals surface area contributed by atoms with E-state index in [9.17, 15) is 5.11 Å². The third-order valence-corrected chi connectivity index (χ3v) is 3.15. The normalized spacial score (nSPS) is 12.7. The molecule has 0 bridgehead atoms. The zero-order valence-corrected chi connectivity index (χ0v) is 11.1. The molecule has 0 radical (unpaired) electrons. The van der Waals surface area contributed by atoms with Gasteiger partial charge in [-0.1, -0.05) is 72.8 Å². The maximum Gasteiger partial charge on any atom is 0.0824 e. The predicted octanol–water partition coefficient (Wildman–Crippen LogP) is 4.30. The third kappa shape index (κ3) is 4.72. The summed E-state index contributed by atoms with van der Waals surface area (Å²) in [6.07, 6.45) is 6.58. The largest absolute Gasteiger partial charge is 0.388 e. The predicted molar refractivity (Wildman–Crippen MR) is 79.9 cm³/mol. The summed E-state index contributed by atoms with van der Waals surface area (Å²) in [5.41, 5.74) is 2.34. The summed E-state index contributed by atoms with van der Waals surface area (Å²) in [7, 11) is 0. The van der Waals surface area contributed by atoms with Crippen LogP contribution < -0.4 is 0 Å². The van der Waals surface area contributed by atoms with E-state index < -0.39 is 6.10 Å². The Morgan fingerprint density at radius 1 is 0.842 bits per heavy atom. The van der Waals surface area contributed by atoms with Gasteiger partial charge in [0.1, 0.15) is 0 Å². The van der Waals surface area contributed by atoms with E-state index in [1.54, 1.807) is 0 Å². The van der Waals surface area contributed by atoms with Crippen molar-refractivity contribution in [2.75, 3.05) is 0 Å². The number of aliphatic hydroxyl groups is 1. The Bertz CT molecular complexity index is 488. The Labute approximate surface area is 115 Å². The molecule has 0 unspecified atom stereocenters. The maximum absolute atomic E-state index is 9.99. The summed E-state index contributed by atoms with van der Waals surface area (Å²) < 4.78 is 0. The molecule has 1 heteroatoms. The van der Waals surface area contributed by atoms with E-state index in [1.165, 1.54) is 5.56 Å². The molecule has 0 heterocycles. The van der Waals surface area contributed by atoms with Gasteiger partial charge in [0, 0.05) is 0 Å². The SMILES string of the molecule is O[C@H](C/C=C\CCc1ccccc1)c1ccccc1. The highest BCUT2D eigenvalue weighted by Crippen LogP contribution is 2.16. The molecule has 1 atom stereocenters. The van der Waals surface area contributed by atoms with Crippen molar-refractivity contribution < 1.29 is 5.11 Å². The van der Waals surface area contributed by atoms with E-state index in [-0.39, 0.29) is 0 Å². The smallest absolute Gasteiger partial charge is 0.0824 e. The van der Waals surface area contributed by atoms with Gasteiger partial charge < -0.3 is 5.11 Å². The Morgan fingerprint density at radius 2 is 1.47 bits per heavy atom. The molecule has 0 aliphatic heterocycles. The molecule has 2 aromatic rings. The molecule has 2 rings (SSSR count). The molecule has 0 amide bonds. The van der Waals surface area contributed by atoms with Gasteiger partial charge >= 0.3 is 0 Å². The van der Waals surface area contributed by atoms with Crippen molar-refractivity contribution in [3.05, 3.63) is 83.9 Å². The molecular weight excluding hydrogens is 232 g/mol. The Hall–Kier alpha value is -1.86. The lowest BCUT2D eigenvalue weighted by molar-refractivity contribution is 0.181. The van der Waals surface area contributed by atoms with Gasteiger partial charge in [-0.25, -0.2) is 0 Å². The second-order valence-electron chi connectivity index (χ2n) is 4.66. The molecule has 2 aromatic carbocycles. The molecule has 0 fully saturated rings. The van der Waals surface area contributed by atoms with Crippen LogP contribution in [0.25, 0.3) is 0 Å². The van der Waals surface area contributed by atoms with E-state index in [0.29, 0.717) is 6.42 Å². The van der Waals surface area contributed by atoms with Gasteiger partial charge in [-0.15, -0.1) is 0 Å². The lowest BCUT2D eigenvalue weighted by atomic mass is 10.1. The Balaban J connectivity index is 1.72. The van der Waals surface area contributed by atoms with Crippen molar-refractivity contribution in [1.29, 1.82) is 0 Å². The first-order valence-corrected chi connectivity index (χ1v) is 6.78. The number of hydrogen-bond donors (Lipinski definition) is 1. The zero-order valence-electron chi connectivity index (χ0n) is 11.1. The highest BCUT2D eigenvalue weighted by Gasteiger charge is 2.03. The van der Waals surface area contributed by atoms with Crippen LogP contribution in [-0.2, 0) is 6.42 Å². The number of allylic oxidation sites excluding steroid dienone is 1. The van der Waals surface area contributed by atoms with Crippen LogP contribution in [0.1, 0.15) is 30.1 Å². The summed E-state index contributed by atoms with van der Waals surface area (Å²) in [6, 6.07) is 20.3. The number of rotatable bonds is 6. The number of benzene rings is 2. The molecule has 19 heavy (non-hydrogen) atoms. The molecule has 1 N–H and O–H groups in total. The van der Waals surface area contributed by atoms with Crippen LogP contribution >= 0.6 is 0 Å². The number of hydrogen-bond acceptors (Lipinski definition) is 1. The fourth-order valence-electron chi connectivity index (χ4n) is 2.05. The van der Waals surface area contributed by atoms with Crippen LogP contribution in [0.15, 0.2) is 72.8 Å². The maximum atomic E-state index is 9.99. The molecule has 0 aliphatic carbocycles. The highest BCUT2D eigenvalue weighted by atomic mass is 16.3. The van der Waals surface area contributed by atoms with Crippen LogP contribution in [0.2, 0.25) is 0 Å². The summed E-state index contributed by atoms with van der Waals surface area (Å²) in [4.78, 5) is 0. The van der Waals surface area contributed by atoms with E-state index in [0.717, 1.165) is 18.4 Å². The molecular formula is C18H20O. The van der Waals surface area contributed by atoms with Crippen molar-refractivity contribution >= 4 is 0 Å². The third-order valence-electron chi connectivity index (χ3n) is 3.15. The lowest BCUT2D eigenvalue weighted by Gasteiger charge is -2.07. The van der Waals surface area contributed by atoms with Gasteiger partial charge in [-0.2, -0.15) is 0 Å². The summed E-state index contributed by atoms with van der Waals surface area (Å²) in [5, 5.41) is 9.99. The van der Waals surface area contributed by atoms with Crippen molar-refractivity contribution in [3.8, 4) is 0 Å². The summed E-state index contributed by atoms with van der Waals surface area (Å²) in [5.74, 6) is 0. The van der Waals surface area contributed by atoms with Gasteiger partial charge in [0.25, 0.3) is 0 Å². The Kier molecular flexibility index (Phi) is 5.39. The van der Waals surface area contributed by atoms with Crippen LogP contribution in [0.5, 0.6) is 0 Å². The second kappa shape index (κ2) is 7.55. The Morgan fingerprint density at radius 3 is 2.16 bits per heavy atom. The van der Waals surface area contributed by atoms with Crippen molar-refractivity contribution in [3.63, 3.8) is 0 Å². The fraction of sp³-hybridized carbons (Fsp3) is 0.222. The lowest BCUT2D eigenvalue weighted by Crippen LogP contribution is -1.94. The van der Waals surface area contributed by atoms with E-state index in [2.05, 4.69) is 36.4 Å². The van der Waals surface area contributed by atoms with Gasteiger partial charge in [0.15, 0.2) is 0 Å². The van der Waals surface area contributed by atoms with Crippen LogP contribution in [0.4, 0.5) is 0 Å².